The predicted octanol–water partition coefficient (Wildman–Crippen LogP) is 3.57. The first-order chi connectivity index (χ1) is 11.0. The van der Waals surface area contributed by atoms with Crippen molar-refractivity contribution in [1.82, 2.24) is 5.32 Å². The van der Waals surface area contributed by atoms with Crippen LogP contribution in [0.1, 0.15) is 29.2 Å². The van der Waals surface area contributed by atoms with Gasteiger partial charge >= 0.3 is 0 Å². The van der Waals surface area contributed by atoms with Gasteiger partial charge in [-0.2, -0.15) is 0 Å². The van der Waals surface area contributed by atoms with E-state index in [0.29, 0.717) is 13.2 Å². The molecule has 0 aliphatic carbocycles. The first-order valence-electron chi connectivity index (χ1n) is 7.99. The molecule has 0 saturated carbocycles. The standard InChI is InChI=1S/C20H25NO2/c1-15-9-16(2)11-19(10-15)13-23-14-20(21-17(3)22)12-18-7-5-4-6-8-18/h4-11,20H,12-14H2,1-3H3,(H,21,22)/t20-/m0/s1. The van der Waals surface area contributed by atoms with Gasteiger partial charge in [-0.1, -0.05) is 59.7 Å². The zero-order chi connectivity index (χ0) is 16.7. The second-order valence-electron chi connectivity index (χ2n) is 6.10. The highest BCUT2D eigenvalue weighted by atomic mass is 16.5. The van der Waals surface area contributed by atoms with E-state index in [4.69, 9.17) is 4.74 Å². The molecule has 0 unspecified atom stereocenters. The normalized spacial score (nSPS) is 12.0. The van der Waals surface area contributed by atoms with Crippen LogP contribution >= 0.6 is 0 Å². The van der Waals surface area contributed by atoms with Gasteiger partial charge < -0.3 is 10.1 Å². The van der Waals surface area contributed by atoms with E-state index in [1.165, 1.54) is 22.3 Å². The summed E-state index contributed by atoms with van der Waals surface area (Å²) in [5, 5.41) is 2.97. The van der Waals surface area contributed by atoms with Gasteiger partial charge in [-0.15, -0.1) is 0 Å². The summed E-state index contributed by atoms with van der Waals surface area (Å²) in [6.45, 7) is 6.79. The molecule has 0 aliphatic rings. The Balaban J connectivity index is 1.91. The van der Waals surface area contributed by atoms with Gasteiger partial charge in [0.1, 0.15) is 0 Å². The Morgan fingerprint density at radius 1 is 1.04 bits per heavy atom. The first kappa shape index (κ1) is 17.2. The molecule has 3 heteroatoms. The van der Waals surface area contributed by atoms with E-state index in [9.17, 15) is 4.79 Å². The molecule has 0 spiro atoms. The number of amides is 1. The fourth-order valence-corrected chi connectivity index (χ4v) is 2.81. The Bertz CT molecular complexity index is 617. The molecule has 0 aliphatic heterocycles. The highest BCUT2D eigenvalue weighted by molar-refractivity contribution is 5.73. The molecule has 1 N–H and O–H groups in total. The van der Waals surface area contributed by atoms with Gasteiger partial charge in [0.05, 0.1) is 19.3 Å². The highest BCUT2D eigenvalue weighted by Gasteiger charge is 2.11. The largest absolute Gasteiger partial charge is 0.375 e. The molecule has 0 radical (unpaired) electrons. The van der Waals surface area contributed by atoms with Crippen molar-refractivity contribution in [3.63, 3.8) is 0 Å². The molecule has 1 atom stereocenters. The molecular formula is C20H25NO2. The quantitative estimate of drug-likeness (QED) is 0.849. The molecule has 2 aromatic carbocycles. The Morgan fingerprint density at radius 2 is 1.70 bits per heavy atom. The fraction of sp³-hybridized carbons (Fsp3) is 0.350. The van der Waals surface area contributed by atoms with Crippen molar-refractivity contribution in [3.05, 3.63) is 70.8 Å². The average molecular weight is 311 g/mol. The molecule has 0 heterocycles. The summed E-state index contributed by atoms with van der Waals surface area (Å²) in [7, 11) is 0. The lowest BCUT2D eigenvalue weighted by Gasteiger charge is -2.18. The molecule has 23 heavy (non-hydrogen) atoms. The van der Waals surface area contributed by atoms with Gasteiger partial charge in [-0.3, -0.25) is 4.79 Å². The van der Waals surface area contributed by atoms with Crippen LogP contribution in [0.25, 0.3) is 0 Å². The second kappa shape index (κ2) is 8.49. The second-order valence-corrected chi connectivity index (χ2v) is 6.10. The van der Waals surface area contributed by atoms with Crippen molar-refractivity contribution in [2.45, 2.75) is 39.8 Å². The third-order valence-electron chi connectivity index (χ3n) is 3.60. The van der Waals surface area contributed by atoms with E-state index in [0.717, 1.165) is 6.42 Å². The van der Waals surface area contributed by atoms with E-state index in [1.54, 1.807) is 6.92 Å². The zero-order valence-corrected chi connectivity index (χ0v) is 14.1. The van der Waals surface area contributed by atoms with Crippen LogP contribution in [0.3, 0.4) is 0 Å². The van der Waals surface area contributed by atoms with Crippen molar-refractivity contribution < 1.29 is 9.53 Å². The molecule has 0 aromatic heterocycles. The van der Waals surface area contributed by atoms with Gasteiger partial charge in [0.2, 0.25) is 5.91 Å². The molecule has 122 valence electrons. The number of hydrogen-bond donors (Lipinski definition) is 1. The molecule has 2 rings (SSSR count). The molecule has 0 saturated heterocycles. The lowest BCUT2D eigenvalue weighted by atomic mass is 10.1. The van der Waals surface area contributed by atoms with E-state index in [-0.39, 0.29) is 11.9 Å². The summed E-state index contributed by atoms with van der Waals surface area (Å²) in [6, 6.07) is 16.6. The summed E-state index contributed by atoms with van der Waals surface area (Å²) >= 11 is 0. The van der Waals surface area contributed by atoms with E-state index < -0.39 is 0 Å². The van der Waals surface area contributed by atoms with Crippen LogP contribution < -0.4 is 5.32 Å². The summed E-state index contributed by atoms with van der Waals surface area (Å²) in [4.78, 5) is 11.4. The summed E-state index contributed by atoms with van der Waals surface area (Å²) in [5.74, 6) is -0.0269. The molecule has 0 bridgehead atoms. The maximum absolute atomic E-state index is 11.4. The number of carbonyl (C=O) groups is 1. The zero-order valence-electron chi connectivity index (χ0n) is 14.1. The van der Waals surface area contributed by atoms with Crippen LogP contribution in [-0.2, 0) is 22.6 Å². The van der Waals surface area contributed by atoms with Crippen LogP contribution in [-0.4, -0.2) is 18.6 Å². The average Bonchev–Trinajstić information content (AvgIpc) is 2.46. The lowest BCUT2D eigenvalue weighted by molar-refractivity contribution is -0.120. The lowest BCUT2D eigenvalue weighted by Crippen LogP contribution is -2.38. The number of benzene rings is 2. The predicted molar refractivity (Wildman–Crippen MR) is 93.3 cm³/mol. The SMILES string of the molecule is CC(=O)N[C@H](COCc1cc(C)cc(C)c1)Cc1ccccc1. The third-order valence-corrected chi connectivity index (χ3v) is 3.60. The Labute approximate surface area is 138 Å². The van der Waals surface area contributed by atoms with Crippen molar-refractivity contribution in [2.24, 2.45) is 0 Å². The van der Waals surface area contributed by atoms with Crippen molar-refractivity contribution in [1.29, 1.82) is 0 Å². The number of carbonyl (C=O) groups excluding carboxylic acids is 1. The Hall–Kier alpha value is -2.13. The van der Waals surface area contributed by atoms with E-state index in [1.807, 2.05) is 18.2 Å². The summed E-state index contributed by atoms with van der Waals surface area (Å²) in [5.41, 5.74) is 4.85. The monoisotopic (exact) mass is 311 g/mol. The first-order valence-corrected chi connectivity index (χ1v) is 7.99. The number of ether oxygens (including phenoxy) is 1. The van der Waals surface area contributed by atoms with Crippen LogP contribution in [0.2, 0.25) is 0 Å². The van der Waals surface area contributed by atoms with Crippen LogP contribution in [0, 0.1) is 13.8 Å². The van der Waals surface area contributed by atoms with E-state index >= 15 is 0 Å². The fourth-order valence-electron chi connectivity index (χ4n) is 2.81. The highest BCUT2D eigenvalue weighted by Crippen LogP contribution is 2.11. The number of nitrogens with one attached hydrogen (secondary N) is 1. The van der Waals surface area contributed by atoms with Crippen molar-refractivity contribution in [3.8, 4) is 0 Å². The van der Waals surface area contributed by atoms with Gasteiger partial charge in [0.25, 0.3) is 0 Å². The van der Waals surface area contributed by atoms with Gasteiger partial charge in [0.15, 0.2) is 0 Å². The van der Waals surface area contributed by atoms with Gasteiger partial charge in [-0.25, -0.2) is 0 Å². The van der Waals surface area contributed by atoms with Gasteiger partial charge in [-0.05, 0) is 31.4 Å². The Morgan fingerprint density at radius 3 is 2.30 bits per heavy atom. The summed E-state index contributed by atoms with van der Waals surface area (Å²) < 4.78 is 5.85. The molecular weight excluding hydrogens is 286 g/mol. The number of aryl methyl sites for hydroxylation is 2. The smallest absolute Gasteiger partial charge is 0.217 e. The maximum Gasteiger partial charge on any atom is 0.217 e. The molecule has 1 amide bonds. The van der Waals surface area contributed by atoms with E-state index in [2.05, 4.69) is 49.5 Å². The Kier molecular flexibility index (Phi) is 6.36. The molecule has 2 aromatic rings. The maximum atomic E-state index is 11.4. The minimum absolute atomic E-state index is 0.0131. The number of rotatable bonds is 7. The number of hydrogen-bond acceptors (Lipinski definition) is 2. The summed E-state index contributed by atoms with van der Waals surface area (Å²) in [6.07, 6.45) is 0.771. The van der Waals surface area contributed by atoms with Crippen molar-refractivity contribution >= 4 is 5.91 Å². The van der Waals surface area contributed by atoms with Crippen LogP contribution in [0.5, 0.6) is 0 Å². The topological polar surface area (TPSA) is 38.3 Å². The molecule has 0 fully saturated rings. The van der Waals surface area contributed by atoms with Crippen molar-refractivity contribution in [2.75, 3.05) is 6.61 Å². The minimum Gasteiger partial charge on any atom is -0.375 e. The van der Waals surface area contributed by atoms with Crippen LogP contribution in [0.15, 0.2) is 48.5 Å². The minimum atomic E-state index is -0.0269. The van der Waals surface area contributed by atoms with Gasteiger partial charge in [0, 0.05) is 6.92 Å². The third kappa shape index (κ3) is 6.25. The molecule has 3 nitrogen and oxygen atoms in total. The van der Waals surface area contributed by atoms with Crippen LogP contribution in [0.4, 0.5) is 0 Å².